The largest absolute Gasteiger partial charge is 0.370 e. The maximum absolute atomic E-state index is 6.08. The maximum atomic E-state index is 6.08. The van der Waals surface area contributed by atoms with Crippen LogP contribution < -0.4 is 5.32 Å². The number of nitrogens with one attached hydrogen (secondary N) is 1. The van der Waals surface area contributed by atoms with E-state index in [4.69, 9.17) is 11.6 Å². The zero-order valence-electron chi connectivity index (χ0n) is 10.9. The first kappa shape index (κ1) is 13.1. The molecule has 5 nitrogen and oxygen atoms in total. The Labute approximate surface area is 112 Å². The van der Waals surface area contributed by atoms with Crippen LogP contribution in [0.2, 0.25) is 5.15 Å². The Morgan fingerprint density at radius 3 is 2.94 bits per heavy atom. The van der Waals surface area contributed by atoms with E-state index in [1.165, 1.54) is 12.7 Å². The third kappa shape index (κ3) is 2.72. The summed E-state index contributed by atoms with van der Waals surface area (Å²) in [4.78, 5) is 8.22. The van der Waals surface area contributed by atoms with Crippen LogP contribution in [0.15, 0.2) is 6.33 Å². The molecule has 2 rings (SSSR count). The average molecular weight is 268 g/mol. The van der Waals surface area contributed by atoms with Crippen LogP contribution >= 0.6 is 11.6 Å². The first-order valence-electron chi connectivity index (χ1n) is 6.19. The van der Waals surface area contributed by atoms with E-state index in [0.717, 1.165) is 30.3 Å². The number of hydrogen-bond acceptors (Lipinski definition) is 4. The van der Waals surface area contributed by atoms with Crippen molar-refractivity contribution in [3.05, 3.63) is 17.0 Å². The SMILES string of the molecule is Cc1c(Cl)nc2ncnn2c1NCCCC(C)C. The van der Waals surface area contributed by atoms with E-state index in [0.29, 0.717) is 10.9 Å². The predicted octanol–water partition coefficient (Wildman–Crippen LogP) is 2.93. The first-order valence-corrected chi connectivity index (χ1v) is 6.57. The van der Waals surface area contributed by atoms with Gasteiger partial charge >= 0.3 is 0 Å². The standard InChI is InChI=1S/C12H18ClN5/c1-8(2)5-4-6-14-11-9(3)10(13)17-12-15-7-16-18(11)12/h7-8,14H,4-6H2,1-3H3. The first-order chi connectivity index (χ1) is 8.59. The van der Waals surface area contributed by atoms with Crippen LogP contribution in [-0.2, 0) is 0 Å². The molecule has 0 aliphatic carbocycles. The number of fused-ring (bicyclic) bond motifs is 1. The van der Waals surface area contributed by atoms with Gasteiger partial charge < -0.3 is 5.32 Å². The number of halogens is 1. The topological polar surface area (TPSA) is 55.1 Å². The van der Waals surface area contributed by atoms with Crippen LogP contribution in [0.1, 0.15) is 32.3 Å². The molecule has 2 aromatic heterocycles. The van der Waals surface area contributed by atoms with E-state index >= 15 is 0 Å². The molecule has 18 heavy (non-hydrogen) atoms. The smallest absolute Gasteiger partial charge is 0.255 e. The summed E-state index contributed by atoms with van der Waals surface area (Å²) in [6, 6.07) is 0. The van der Waals surface area contributed by atoms with Gasteiger partial charge in [0.05, 0.1) is 0 Å². The van der Waals surface area contributed by atoms with E-state index < -0.39 is 0 Å². The molecular weight excluding hydrogens is 250 g/mol. The quantitative estimate of drug-likeness (QED) is 0.668. The van der Waals surface area contributed by atoms with Gasteiger partial charge in [-0.3, -0.25) is 0 Å². The molecule has 0 aliphatic rings. The zero-order chi connectivity index (χ0) is 13.1. The van der Waals surface area contributed by atoms with Crippen molar-refractivity contribution in [3.8, 4) is 0 Å². The lowest BCUT2D eigenvalue weighted by molar-refractivity contribution is 0.566. The van der Waals surface area contributed by atoms with E-state index in [9.17, 15) is 0 Å². The molecule has 0 radical (unpaired) electrons. The highest BCUT2D eigenvalue weighted by atomic mass is 35.5. The number of aromatic nitrogens is 4. The minimum atomic E-state index is 0.474. The summed E-state index contributed by atoms with van der Waals surface area (Å²) in [5.74, 6) is 2.13. The van der Waals surface area contributed by atoms with E-state index in [1.54, 1.807) is 4.52 Å². The summed E-state index contributed by atoms with van der Waals surface area (Å²) in [7, 11) is 0. The molecule has 0 atom stereocenters. The van der Waals surface area contributed by atoms with Gasteiger partial charge in [-0.1, -0.05) is 25.4 Å². The Kier molecular flexibility index (Phi) is 4.01. The van der Waals surface area contributed by atoms with Crippen LogP contribution in [0.5, 0.6) is 0 Å². The highest BCUT2D eigenvalue weighted by Gasteiger charge is 2.11. The zero-order valence-corrected chi connectivity index (χ0v) is 11.7. The second-order valence-corrected chi connectivity index (χ2v) is 5.17. The van der Waals surface area contributed by atoms with Crippen molar-refractivity contribution in [2.24, 2.45) is 5.92 Å². The molecule has 1 N–H and O–H groups in total. The van der Waals surface area contributed by atoms with Crippen LogP contribution in [0, 0.1) is 12.8 Å². The third-order valence-electron chi connectivity index (χ3n) is 2.86. The summed E-state index contributed by atoms with van der Waals surface area (Å²) >= 11 is 6.08. The Morgan fingerprint density at radius 2 is 2.22 bits per heavy atom. The lowest BCUT2D eigenvalue weighted by Crippen LogP contribution is -2.10. The van der Waals surface area contributed by atoms with Gasteiger partial charge in [-0.05, 0) is 25.7 Å². The van der Waals surface area contributed by atoms with Crippen LogP contribution in [-0.4, -0.2) is 26.1 Å². The van der Waals surface area contributed by atoms with Gasteiger partial charge in [0.15, 0.2) is 0 Å². The summed E-state index contributed by atoms with van der Waals surface area (Å²) < 4.78 is 1.69. The highest BCUT2D eigenvalue weighted by molar-refractivity contribution is 6.30. The van der Waals surface area contributed by atoms with Crippen molar-refractivity contribution in [2.75, 3.05) is 11.9 Å². The molecule has 0 fully saturated rings. The van der Waals surface area contributed by atoms with Crippen molar-refractivity contribution in [1.29, 1.82) is 0 Å². The minimum absolute atomic E-state index is 0.474. The van der Waals surface area contributed by atoms with Crippen LogP contribution in [0.3, 0.4) is 0 Å². The molecule has 0 bridgehead atoms. The lowest BCUT2D eigenvalue weighted by Gasteiger charge is -2.12. The van der Waals surface area contributed by atoms with Gasteiger partial charge in [-0.15, -0.1) is 0 Å². The molecule has 6 heteroatoms. The van der Waals surface area contributed by atoms with Crippen molar-refractivity contribution in [1.82, 2.24) is 19.6 Å². The highest BCUT2D eigenvalue weighted by Crippen LogP contribution is 2.22. The Bertz CT molecular complexity index is 534. The Morgan fingerprint density at radius 1 is 1.44 bits per heavy atom. The van der Waals surface area contributed by atoms with Crippen LogP contribution in [0.25, 0.3) is 5.78 Å². The van der Waals surface area contributed by atoms with Crippen molar-refractivity contribution in [2.45, 2.75) is 33.6 Å². The van der Waals surface area contributed by atoms with Gasteiger partial charge in [0.2, 0.25) is 0 Å². The molecule has 2 aromatic rings. The lowest BCUT2D eigenvalue weighted by atomic mass is 10.1. The molecule has 0 aromatic carbocycles. The van der Waals surface area contributed by atoms with Gasteiger partial charge in [-0.25, -0.2) is 0 Å². The molecule has 0 unspecified atom stereocenters. The molecular formula is C12H18ClN5. The predicted molar refractivity (Wildman–Crippen MR) is 73.1 cm³/mol. The van der Waals surface area contributed by atoms with E-state index in [2.05, 4.69) is 34.2 Å². The van der Waals surface area contributed by atoms with Crippen molar-refractivity contribution < 1.29 is 0 Å². The number of hydrogen-bond donors (Lipinski definition) is 1. The van der Waals surface area contributed by atoms with Gasteiger partial charge in [-0.2, -0.15) is 19.6 Å². The van der Waals surface area contributed by atoms with Gasteiger partial charge in [0.25, 0.3) is 5.78 Å². The fraction of sp³-hybridized carbons (Fsp3) is 0.583. The molecule has 2 heterocycles. The molecule has 0 spiro atoms. The second kappa shape index (κ2) is 5.52. The molecule has 0 saturated carbocycles. The number of nitrogens with zero attached hydrogens (tertiary/aromatic N) is 4. The molecule has 98 valence electrons. The normalized spacial score (nSPS) is 11.4. The molecule has 0 aliphatic heterocycles. The molecule has 0 saturated heterocycles. The van der Waals surface area contributed by atoms with Crippen LogP contribution in [0.4, 0.5) is 5.82 Å². The summed E-state index contributed by atoms with van der Waals surface area (Å²) in [6.45, 7) is 7.28. The van der Waals surface area contributed by atoms with Gasteiger partial charge in [0.1, 0.15) is 17.3 Å². The molecule has 0 amide bonds. The van der Waals surface area contributed by atoms with E-state index in [-0.39, 0.29) is 0 Å². The Hall–Kier alpha value is -1.36. The van der Waals surface area contributed by atoms with Crippen molar-refractivity contribution >= 4 is 23.2 Å². The van der Waals surface area contributed by atoms with E-state index in [1.807, 2.05) is 6.92 Å². The van der Waals surface area contributed by atoms with Gasteiger partial charge in [0, 0.05) is 12.1 Å². The fourth-order valence-corrected chi connectivity index (χ4v) is 1.99. The summed E-state index contributed by atoms with van der Waals surface area (Å²) in [5.41, 5.74) is 0.902. The number of anilines is 1. The Balaban J connectivity index is 2.16. The third-order valence-corrected chi connectivity index (χ3v) is 3.22. The summed E-state index contributed by atoms with van der Waals surface area (Å²) in [6.07, 6.45) is 3.80. The second-order valence-electron chi connectivity index (χ2n) is 4.81. The fourth-order valence-electron chi connectivity index (χ4n) is 1.82. The maximum Gasteiger partial charge on any atom is 0.255 e. The summed E-state index contributed by atoms with van der Waals surface area (Å²) in [5, 5.41) is 8.00. The minimum Gasteiger partial charge on any atom is -0.370 e. The average Bonchev–Trinajstić information content (AvgIpc) is 2.76. The number of rotatable bonds is 5. The van der Waals surface area contributed by atoms with Crippen molar-refractivity contribution in [3.63, 3.8) is 0 Å². The monoisotopic (exact) mass is 267 g/mol.